The summed E-state index contributed by atoms with van der Waals surface area (Å²) in [7, 11) is 0. The molecule has 0 aliphatic carbocycles. The second-order valence-corrected chi connectivity index (χ2v) is 5.82. The van der Waals surface area contributed by atoms with E-state index in [0.29, 0.717) is 18.4 Å². The molecule has 2 heterocycles. The SMILES string of the molecule is Cc1cc(N2CCC3NC(=O)CCC3C2)ccc1C#N. The molecule has 2 aliphatic rings. The second-order valence-electron chi connectivity index (χ2n) is 5.82. The number of nitrogens with one attached hydrogen (secondary N) is 1. The molecule has 4 nitrogen and oxygen atoms in total. The Morgan fingerprint density at radius 3 is 3.00 bits per heavy atom. The molecule has 2 saturated heterocycles. The lowest BCUT2D eigenvalue weighted by Gasteiger charge is -2.42. The van der Waals surface area contributed by atoms with Gasteiger partial charge in [0.1, 0.15) is 0 Å². The molecule has 1 N–H and O–H groups in total. The fraction of sp³-hybridized carbons (Fsp3) is 0.500. The second kappa shape index (κ2) is 5.16. The normalized spacial score (nSPS) is 25.6. The zero-order valence-electron chi connectivity index (χ0n) is 11.7. The van der Waals surface area contributed by atoms with Crippen LogP contribution >= 0.6 is 0 Å². The van der Waals surface area contributed by atoms with E-state index in [0.717, 1.165) is 37.1 Å². The van der Waals surface area contributed by atoms with Crippen molar-refractivity contribution in [3.63, 3.8) is 0 Å². The summed E-state index contributed by atoms with van der Waals surface area (Å²) in [6, 6.07) is 8.60. The van der Waals surface area contributed by atoms with Crippen molar-refractivity contribution >= 4 is 11.6 Å². The van der Waals surface area contributed by atoms with Crippen molar-refractivity contribution in [2.45, 2.75) is 32.2 Å². The number of hydrogen-bond acceptors (Lipinski definition) is 3. The van der Waals surface area contributed by atoms with Crippen LogP contribution in [0.4, 0.5) is 5.69 Å². The van der Waals surface area contributed by atoms with Crippen LogP contribution in [0.1, 0.15) is 30.4 Å². The van der Waals surface area contributed by atoms with Crippen molar-refractivity contribution in [3.05, 3.63) is 29.3 Å². The summed E-state index contributed by atoms with van der Waals surface area (Å²) in [6.07, 6.45) is 2.65. The molecular formula is C16H19N3O. The summed E-state index contributed by atoms with van der Waals surface area (Å²) in [5.41, 5.74) is 2.97. The van der Waals surface area contributed by atoms with Crippen molar-refractivity contribution in [2.24, 2.45) is 5.92 Å². The van der Waals surface area contributed by atoms with Gasteiger partial charge in [0.15, 0.2) is 0 Å². The molecule has 2 aliphatic heterocycles. The maximum atomic E-state index is 11.4. The number of nitrogens with zero attached hydrogens (tertiary/aromatic N) is 2. The lowest BCUT2D eigenvalue weighted by molar-refractivity contribution is -0.124. The molecule has 0 radical (unpaired) electrons. The highest BCUT2D eigenvalue weighted by Crippen LogP contribution is 2.29. The lowest BCUT2D eigenvalue weighted by atomic mass is 9.85. The fourth-order valence-corrected chi connectivity index (χ4v) is 3.31. The van der Waals surface area contributed by atoms with E-state index in [1.807, 2.05) is 19.1 Å². The summed E-state index contributed by atoms with van der Waals surface area (Å²) in [4.78, 5) is 13.8. The molecule has 20 heavy (non-hydrogen) atoms. The molecule has 104 valence electrons. The highest BCUT2D eigenvalue weighted by atomic mass is 16.1. The van der Waals surface area contributed by atoms with Crippen LogP contribution in [-0.2, 0) is 4.79 Å². The van der Waals surface area contributed by atoms with Crippen molar-refractivity contribution in [1.29, 1.82) is 5.26 Å². The molecule has 2 unspecified atom stereocenters. The summed E-state index contributed by atoms with van der Waals surface area (Å²) >= 11 is 0. The number of aryl methyl sites for hydroxylation is 1. The average molecular weight is 269 g/mol. The van der Waals surface area contributed by atoms with Crippen LogP contribution in [0.3, 0.4) is 0 Å². The first kappa shape index (κ1) is 13.0. The number of carbonyl (C=O) groups excluding carboxylic acids is 1. The standard InChI is InChI=1S/C16H19N3O/c1-11-8-14(4-2-12(11)9-17)19-7-6-15-13(10-19)3-5-16(20)18-15/h2,4,8,13,15H,3,5-7,10H2,1H3,(H,18,20). The quantitative estimate of drug-likeness (QED) is 0.848. The first-order chi connectivity index (χ1) is 9.67. The van der Waals surface area contributed by atoms with Crippen LogP contribution in [0.25, 0.3) is 0 Å². The van der Waals surface area contributed by atoms with Gasteiger partial charge in [-0.25, -0.2) is 0 Å². The molecule has 3 rings (SSSR count). The van der Waals surface area contributed by atoms with Gasteiger partial charge in [-0.3, -0.25) is 4.79 Å². The molecule has 4 heteroatoms. The van der Waals surface area contributed by atoms with E-state index in [1.54, 1.807) is 0 Å². The van der Waals surface area contributed by atoms with Crippen molar-refractivity contribution < 1.29 is 4.79 Å². The van der Waals surface area contributed by atoms with Gasteiger partial charge in [0.25, 0.3) is 0 Å². The molecule has 0 spiro atoms. The van der Waals surface area contributed by atoms with Gasteiger partial charge in [-0.2, -0.15) is 5.26 Å². The summed E-state index contributed by atoms with van der Waals surface area (Å²) in [6.45, 7) is 3.94. The molecule has 1 aromatic carbocycles. The first-order valence-electron chi connectivity index (χ1n) is 7.22. The Kier molecular flexibility index (Phi) is 3.35. The number of amides is 1. The average Bonchev–Trinajstić information content (AvgIpc) is 2.46. The number of piperidine rings is 2. The molecule has 2 fully saturated rings. The molecule has 0 saturated carbocycles. The van der Waals surface area contributed by atoms with E-state index in [-0.39, 0.29) is 5.91 Å². The topological polar surface area (TPSA) is 56.1 Å². The van der Waals surface area contributed by atoms with E-state index in [9.17, 15) is 4.79 Å². The highest BCUT2D eigenvalue weighted by molar-refractivity contribution is 5.77. The Morgan fingerprint density at radius 2 is 2.25 bits per heavy atom. The molecule has 1 amide bonds. The van der Waals surface area contributed by atoms with Crippen LogP contribution < -0.4 is 10.2 Å². The predicted molar refractivity (Wildman–Crippen MR) is 77.4 cm³/mol. The zero-order chi connectivity index (χ0) is 14.1. The number of benzene rings is 1. The molecule has 1 aromatic rings. The van der Waals surface area contributed by atoms with Gasteiger partial charge in [0.05, 0.1) is 11.6 Å². The summed E-state index contributed by atoms with van der Waals surface area (Å²) in [5.74, 6) is 0.756. The maximum absolute atomic E-state index is 11.4. The van der Waals surface area contributed by atoms with Crippen LogP contribution in [0.5, 0.6) is 0 Å². The Morgan fingerprint density at radius 1 is 1.40 bits per heavy atom. The Hall–Kier alpha value is -2.02. The van der Waals surface area contributed by atoms with E-state index < -0.39 is 0 Å². The molecule has 0 bridgehead atoms. The van der Waals surface area contributed by atoms with Crippen molar-refractivity contribution in [1.82, 2.24) is 5.32 Å². The van der Waals surface area contributed by atoms with E-state index in [1.165, 1.54) is 5.69 Å². The number of hydrogen-bond donors (Lipinski definition) is 1. The lowest BCUT2D eigenvalue weighted by Crippen LogP contribution is -2.54. The maximum Gasteiger partial charge on any atom is 0.220 e. The first-order valence-corrected chi connectivity index (χ1v) is 7.22. The van der Waals surface area contributed by atoms with Crippen LogP contribution in [-0.4, -0.2) is 25.0 Å². The van der Waals surface area contributed by atoms with E-state index >= 15 is 0 Å². The third-order valence-corrected chi connectivity index (χ3v) is 4.52. The van der Waals surface area contributed by atoms with Gasteiger partial charge in [-0.05, 0) is 49.4 Å². The molecular weight excluding hydrogens is 250 g/mol. The number of rotatable bonds is 1. The Labute approximate surface area is 119 Å². The van der Waals surface area contributed by atoms with Crippen molar-refractivity contribution in [2.75, 3.05) is 18.0 Å². The van der Waals surface area contributed by atoms with E-state index in [4.69, 9.17) is 5.26 Å². The third-order valence-electron chi connectivity index (χ3n) is 4.52. The highest BCUT2D eigenvalue weighted by Gasteiger charge is 2.33. The summed E-state index contributed by atoms with van der Waals surface area (Å²) in [5, 5.41) is 12.1. The number of fused-ring (bicyclic) bond motifs is 1. The number of carbonyl (C=O) groups is 1. The van der Waals surface area contributed by atoms with Gasteiger partial charge in [-0.15, -0.1) is 0 Å². The zero-order valence-corrected chi connectivity index (χ0v) is 11.7. The number of nitriles is 1. The van der Waals surface area contributed by atoms with Crippen LogP contribution in [0, 0.1) is 24.2 Å². The minimum atomic E-state index is 0.203. The molecule has 2 atom stereocenters. The fourth-order valence-electron chi connectivity index (χ4n) is 3.31. The van der Waals surface area contributed by atoms with Gasteiger partial charge < -0.3 is 10.2 Å². The van der Waals surface area contributed by atoms with Gasteiger partial charge >= 0.3 is 0 Å². The van der Waals surface area contributed by atoms with Crippen molar-refractivity contribution in [3.8, 4) is 6.07 Å². The van der Waals surface area contributed by atoms with Gasteiger partial charge in [-0.1, -0.05) is 0 Å². The van der Waals surface area contributed by atoms with Gasteiger partial charge in [0, 0.05) is 31.2 Å². The van der Waals surface area contributed by atoms with Crippen LogP contribution in [0.15, 0.2) is 18.2 Å². The molecule has 0 aromatic heterocycles. The Balaban J connectivity index is 1.75. The van der Waals surface area contributed by atoms with E-state index in [2.05, 4.69) is 22.4 Å². The van der Waals surface area contributed by atoms with Gasteiger partial charge in [0.2, 0.25) is 5.91 Å². The number of anilines is 1. The van der Waals surface area contributed by atoms with Crippen LogP contribution in [0.2, 0.25) is 0 Å². The Bertz CT molecular complexity index is 576. The monoisotopic (exact) mass is 269 g/mol. The minimum absolute atomic E-state index is 0.203. The predicted octanol–water partition coefficient (Wildman–Crippen LogP) is 1.97. The third kappa shape index (κ3) is 2.36. The summed E-state index contributed by atoms with van der Waals surface area (Å²) < 4.78 is 0. The smallest absolute Gasteiger partial charge is 0.220 e. The minimum Gasteiger partial charge on any atom is -0.371 e. The largest absolute Gasteiger partial charge is 0.371 e.